The van der Waals surface area contributed by atoms with Gasteiger partial charge in [0, 0.05) is 18.1 Å². The average Bonchev–Trinajstić information content (AvgIpc) is 2.78. The van der Waals surface area contributed by atoms with Gasteiger partial charge in [-0.1, -0.05) is 59.2 Å². The minimum atomic E-state index is -0.751. The molecule has 8 heteroatoms. The van der Waals surface area contributed by atoms with Crippen LogP contribution >= 0.6 is 0 Å². The number of hydrogen-bond acceptors (Lipinski definition) is 6. The smallest absolute Gasteiger partial charge is 0.400 e. The first kappa shape index (κ1) is 21.9. The zero-order valence-corrected chi connectivity index (χ0v) is 18.1. The lowest BCUT2D eigenvalue weighted by Gasteiger charge is -2.36. The summed E-state index contributed by atoms with van der Waals surface area (Å²) in [5, 5.41) is 14.8. The molecule has 4 rings (SSSR count). The fourth-order valence-electron chi connectivity index (χ4n) is 4.50. The molecule has 1 saturated heterocycles. The molecule has 162 valence electrons. The lowest BCUT2D eigenvalue weighted by atomic mass is 9.70. The molecule has 7 nitrogen and oxygen atoms in total. The normalized spacial score (nSPS) is 18.4. The number of para-hydroxylation sites is 1. The van der Waals surface area contributed by atoms with Crippen LogP contribution in [0.15, 0.2) is 65.8 Å². The number of nitro benzene ring substituents is 1. The summed E-state index contributed by atoms with van der Waals surface area (Å²) in [6, 6.07) is 17.7. The van der Waals surface area contributed by atoms with Crippen molar-refractivity contribution < 1.29 is 14.2 Å². The minimum Gasteiger partial charge on any atom is -0.400 e. The van der Waals surface area contributed by atoms with E-state index < -0.39 is 24.2 Å². The first-order valence-corrected chi connectivity index (χ1v) is 10.4. The monoisotopic (exact) mass is 430 g/mol. The van der Waals surface area contributed by atoms with E-state index in [4.69, 9.17) is 9.31 Å². The Morgan fingerprint density at radius 2 is 1.50 bits per heavy atom. The molecule has 0 amide bonds. The second-order valence-corrected chi connectivity index (χ2v) is 8.10. The molecular weight excluding hydrogens is 407 g/mol. The van der Waals surface area contributed by atoms with E-state index in [9.17, 15) is 15.0 Å². The summed E-state index contributed by atoms with van der Waals surface area (Å²) in [6.07, 6.45) is -0.801. The van der Waals surface area contributed by atoms with Crippen molar-refractivity contribution in [1.29, 1.82) is 0 Å². The summed E-state index contributed by atoms with van der Waals surface area (Å²) in [6.45, 7) is 6.01. The molecule has 1 heterocycles. The van der Waals surface area contributed by atoms with Crippen LogP contribution in [0.3, 0.4) is 0 Å². The van der Waals surface area contributed by atoms with E-state index in [0.29, 0.717) is 17.5 Å². The van der Waals surface area contributed by atoms with Gasteiger partial charge < -0.3 is 9.31 Å². The van der Waals surface area contributed by atoms with Crippen LogP contribution in [0.5, 0.6) is 0 Å². The first-order valence-electron chi connectivity index (χ1n) is 10.4. The predicted octanol–water partition coefficient (Wildman–Crippen LogP) is 5.53. The largest absolute Gasteiger partial charge is 0.495 e. The summed E-state index contributed by atoms with van der Waals surface area (Å²) in [4.78, 5) is 22.7. The SMILES string of the molecule is Cc1cc(C)c(B2O[C@H](c3ccccc3[N+](=O)[O-])C[C@H](c3ccccc3N=O)O2)c(C)c1. The summed E-state index contributed by atoms with van der Waals surface area (Å²) in [5.41, 5.74) is 5.44. The van der Waals surface area contributed by atoms with Gasteiger partial charge in [0.1, 0.15) is 5.69 Å². The zero-order chi connectivity index (χ0) is 22.8. The molecule has 32 heavy (non-hydrogen) atoms. The van der Waals surface area contributed by atoms with Crippen molar-refractivity contribution in [1.82, 2.24) is 0 Å². The van der Waals surface area contributed by atoms with Gasteiger partial charge in [-0.25, -0.2) is 0 Å². The second-order valence-electron chi connectivity index (χ2n) is 8.10. The Morgan fingerprint density at radius 1 is 0.938 bits per heavy atom. The Balaban J connectivity index is 1.82. The number of nitrogens with zero attached hydrogens (tertiary/aromatic N) is 2. The van der Waals surface area contributed by atoms with Crippen molar-refractivity contribution in [2.75, 3.05) is 0 Å². The van der Waals surface area contributed by atoms with Crippen LogP contribution in [-0.4, -0.2) is 12.0 Å². The van der Waals surface area contributed by atoms with Crippen LogP contribution in [0.4, 0.5) is 11.4 Å². The van der Waals surface area contributed by atoms with E-state index in [1.54, 1.807) is 36.4 Å². The van der Waals surface area contributed by atoms with Crippen molar-refractivity contribution in [2.45, 2.75) is 39.4 Å². The van der Waals surface area contributed by atoms with Crippen LogP contribution < -0.4 is 5.46 Å². The molecule has 0 radical (unpaired) electrons. The number of nitroso groups, excluding NO2 is 1. The first-order chi connectivity index (χ1) is 15.4. The van der Waals surface area contributed by atoms with Crippen molar-refractivity contribution >= 4 is 24.0 Å². The third kappa shape index (κ3) is 4.19. The minimum absolute atomic E-state index is 0.00366. The molecular formula is C24H23BN2O5. The maximum Gasteiger partial charge on any atom is 0.495 e. The van der Waals surface area contributed by atoms with Crippen molar-refractivity contribution in [3.8, 4) is 0 Å². The van der Waals surface area contributed by atoms with Gasteiger partial charge in [-0.3, -0.25) is 10.1 Å². The zero-order valence-electron chi connectivity index (χ0n) is 18.1. The van der Waals surface area contributed by atoms with E-state index in [1.165, 1.54) is 6.07 Å². The van der Waals surface area contributed by atoms with Crippen molar-refractivity contribution in [3.63, 3.8) is 0 Å². The molecule has 1 aliphatic heterocycles. The standard InChI is InChI=1S/C24H23BN2O5/c1-15-12-16(2)24(17(3)13-15)25-31-22(18-8-4-6-10-20(18)26-28)14-23(32-25)19-9-5-7-11-21(19)27(29)30/h4-13,22-23H,14H2,1-3H3/t22-,23+/m1/s1. The molecule has 0 unspecified atom stereocenters. The fraction of sp³-hybridized carbons (Fsp3) is 0.250. The molecule has 0 spiro atoms. The highest BCUT2D eigenvalue weighted by Gasteiger charge is 2.41. The van der Waals surface area contributed by atoms with Gasteiger partial charge in [-0.2, -0.15) is 0 Å². The van der Waals surface area contributed by atoms with Crippen LogP contribution in [0.25, 0.3) is 0 Å². The van der Waals surface area contributed by atoms with Gasteiger partial charge in [0.05, 0.1) is 22.7 Å². The van der Waals surface area contributed by atoms with Gasteiger partial charge in [-0.05, 0) is 43.5 Å². The molecule has 0 N–H and O–H groups in total. The molecule has 0 aliphatic carbocycles. The fourth-order valence-corrected chi connectivity index (χ4v) is 4.50. The molecule has 0 saturated carbocycles. The molecule has 0 bridgehead atoms. The van der Waals surface area contributed by atoms with E-state index in [2.05, 4.69) is 17.3 Å². The van der Waals surface area contributed by atoms with Crippen molar-refractivity contribution in [3.05, 3.63) is 104 Å². The summed E-state index contributed by atoms with van der Waals surface area (Å²) >= 11 is 0. The Morgan fingerprint density at radius 3 is 2.12 bits per heavy atom. The van der Waals surface area contributed by atoms with E-state index in [1.807, 2.05) is 26.8 Å². The van der Waals surface area contributed by atoms with Crippen LogP contribution in [-0.2, 0) is 9.31 Å². The number of aryl methyl sites for hydroxylation is 3. The maximum absolute atomic E-state index is 11.7. The van der Waals surface area contributed by atoms with Crippen LogP contribution in [0.1, 0.15) is 46.4 Å². The highest BCUT2D eigenvalue weighted by Crippen LogP contribution is 2.42. The van der Waals surface area contributed by atoms with Gasteiger partial charge in [0.15, 0.2) is 0 Å². The van der Waals surface area contributed by atoms with Crippen LogP contribution in [0, 0.1) is 35.8 Å². The Kier molecular flexibility index (Phi) is 6.16. The number of benzene rings is 3. The summed E-state index contributed by atoms with van der Waals surface area (Å²) in [7, 11) is -0.751. The van der Waals surface area contributed by atoms with Gasteiger partial charge in [-0.15, -0.1) is 4.91 Å². The molecule has 1 fully saturated rings. The van der Waals surface area contributed by atoms with Gasteiger partial charge >= 0.3 is 7.12 Å². The van der Waals surface area contributed by atoms with E-state index in [0.717, 1.165) is 22.2 Å². The van der Waals surface area contributed by atoms with Crippen LogP contribution in [0.2, 0.25) is 0 Å². The molecule has 0 aromatic heterocycles. The van der Waals surface area contributed by atoms with E-state index in [-0.39, 0.29) is 11.4 Å². The average molecular weight is 430 g/mol. The topological polar surface area (TPSA) is 91.0 Å². The quantitative estimate of drug-likeness (QED) is 0.230. The Hall–Kier alpha value is -3.36. The highest BCUT2D eigenvalue weighted by molar-refractivity contribution is 6.62. The van der Waals surface area contributed by atoms with Crippen molar-refractivity contribution in [2.24, 2.45) is 5.18 Å². The summed E-state index contributed by atoms with van der Waals surface area (Å²) < 4.78 is 12.7. The molecule has 1 aliphatic rings. The highest BCUT2D eigenvalue weighted by atomic mass is 16.6. The molecule has 3 aromatic carbocycles. The van der Waals surface area contributed by atoms with E-state index >= 15 is 0 Å². The number of hydrogen-bond donors (Lipinski definition) is 0. The summed E-state index contributed by atoms with van der Waals surface area (Å²) in [5.74, 6) is 0. The number of nitro groups is 1. The lowest BCUT2D eigenvalue weighted by Crippen LogP contribution is -2.45. The molecule has 2 atom stereocenters. The number of rotatable bonds is 5. The van der Waals surface area contributed by atoms with Gasteiger partial charge in [0.25, 0.3) is 5.69 Å². The third-order valence-electron chi connectivity index (χ3n) is 5.84. The maximum atomic E-state index is 11.7. The van der Waals surface area contributed by atoms with Gasteiger partial charge in [0.2, 0.25) is 0 Å². The Bertz CT molecular complexity index is 1160. The predicted molar refractivity (Wildman–Crippen MR) is 123 cm³/mol. The third-order valence-corrected chi connectivity index (χ3v) is 5.84. The lowest BCUT2D eigenvalue weighted by molar-refractivity contribution is -0.386. The second kappa shape index (κ2) is 9.02. The molecule has 3 aromatic rings. The Labute approximate surface area is 186 Å².